The Balaban J connectivity index is 1.51. The number of phenolic OH excluding ortho intramolecular Hbond substituents is 1. The average Bonchev–Trinajstić information content (AvgIpc) is 3.09. The molecule has 1 saturated heterocycles. The van der Waals surface area contributed by atoms with Crippen LogP contribution in [-0.2, 0) is 4.74 Å². The number of rotatable bonds is 3. The number of amides is 1. The highest BCUT2D eigenvalue weighted by atomic mass is 19.1. The molecule has 1 amide bonds. The van der Waals surface area contributed by atoms with E-state index in [9.17, 15) is 14.3 Å². The fourth-order valence-corrected chi connectivity index (χ4v) is 4.07. The number of hydrogen-bond acceptors (Lipinski definition) is 4. The van der Waals surface area contributed by atoms with Crippen molar-refractivity contribution in [2.45, 2.75) is 25.9 Å². The number of hydrogen-bond donors (Lipinski definition) is 2. The van der Waals surface area contributed by atoms with Crippen LogP contribution >= 0.6 is 0 Å². The van der Waals surface area contributed by atoms with Crippen LogP contribution in [0.4, 0.5) is 14.9 Å². The maximum absolute atomic E-state index is 13.8. The molecule has 2 aliphatic rings. The topological polar surface area (TPSA) is 61.8 Å². The van der Waals surface area contributed by atoms with Gasteiger partial charge >= 0.3 is 6.09 Å². The third kappa shape index (κ3) is 3.62. The molecule has 0 bridgehead atoms. The fourth-order valence-electron chi connectivity index (χ4n) is 4.07. The molecule has 1 unspecified atom stereocenters. The highest BCUT2D eigenvalue weighted by Gasteiger charge is 2.59. The predicted octanol–water partition coefficient (Wildman–Crippen LogP) is 4.15. The number of carbonyl (C=O) groups is 1. The molecule has 0 radical (unpaired) electrons. The van der Waals surface area contributed by atoms with Crippen LogP contribution in [0.25, 0.3) is 11.1 Å². The molecular formula is C21H23FN2O3. The smallest absolute Gasteiger partial charge is 0.411 e. The molecule has 1 aliphatic carbocycles. The third-order valence-corrected chi connectivity index (χ3v) is 5.53. The molecule has 1 spiro atoms. The number of ether oxygens (including phenoxy) is 1. The van der Waals surface area contributed by atoms with Gasteiger partial charge in [-0.25, -0.2) is 9.18 Å². The highest BCUT2D eigenvalue weighted by Crippen LogP contribution is 2.54. The largest absolute Gasteiger partial charge is 0.508 e. The number of halogens is 1. The predicted molar refractivity (Wildman–Crippen MR) is 101 cm³/mol. The first-order valence-electron chi connectivity index (χ1n) is 9.11. The summed E-state index contributed by atoms with van der Waals surface area (Å²) in [4.78, 5) is 14.7. The van der Waals surface area contributed by atoms with Gasteiger partial charge in [0.1, 0.15) is 17.7 Å². The number of aromatic hydroxyl groups is 1. The minimum atomic E-state index is -0.531. The molecule has 2 aromatic rings. The highest BCUT2D eigenvalue weighted by molar-refractivity contribution is 5.92. The number of carbonyl (C=O) groups excluding carboxylic acids is 1. The zero-order valence-electron chi connectivity index (χ0n) is 15.5. The van der Waals surface area contributed by atoms with E-state index < -0.39 is 11.9 Å². The molecule has 2 atom stereocenters. The van der Waals surface area contributed by atoms with Crippen molar-refractivity contribution in [3.05, 3.63) is 47.8 Å². The molecular weight excluding hydrogens is 347 g/mol. The molecule has 4 rings (SSSR count). The summed E-state index contributed by atoms with van der Waals surface area (Å²) < 4.78 is 19.4. The van der Waals surface area contributed by atoms with E-state index in [-0.39, 0.29) is 17.3 Å². The van der Waals surface area contributed by atoms with Gasteiger partial charge in [0.05, 0.1) is 5.69 Å². The average molecular weight is 370 g/mol. The van der Waals surface area contributed by atoms with Crippen molar-refractivity contribution in [3.63, 3.8) is 0 Å². The lowest BCUT2D eigenvalue weighted by Gasteiger charge is -2.14. The van der Waals surface area contributed by atoms with Crippen molar-refractivity contribution >= 4 is 11.8 Å². The Morgan fingerprint density at radius 3 is 2.85 bits per heavy atom. The molecule has 142 valence electrons. The van der Waals surface area contributed by atoms with Crippen LogP contribution in [0.2, 0.25) is 0 Å². The Bertz CT molecular complexity index is 881. The van der Waals surface area contributed by atoms with Gasteiger partial charge in [0.25, 0.3) is 0 Å². The normalized spacial score (nSPS) is 24.2. The van der Waals surface area contributed by atoms with Gasteiger partial charge < -0.3 is 14.7 Å². The molecule has 27 heavy (non-hydrogen) atoms. The summed E-state index contributed by atoms with van der Waals surface area (Å²) in [5, 5.41) is 12.6. The Hall–Kier alpha value is -2.60. The van der Waals surface area contributed by atoms with E-state index in [1.54, 1.807) is 12.1 Å². The molecule has 1 heterocycles. The molecule has 2 fully saturated rings. The van der Waals surface area contributed by atoms with E-state index in [1.165, 1.54) is 18.2 Å². The maximum atomic E-state index is 13.8. The number of aryl methyl sites for hydroxylation is 1. The van der Waals surface area contributed by atoms with Gasteiger partial charge in [0, 0.05) is 17.5 Å². The van der Waals surface area contributed by atoms with Crippen LogP contribution < -0.4 is 5.32 Å². The van der Waals surface area contributed by atoms with E-state index >= 15 is 0 Å². The summed E-state index contributed by atoms with van der Waals surface area (Å²) in [5.41, 5.74) is 2.53. The zero-order chi connectivity index (χ0) is 19.2. The molecule has 0 aromatic heterocycles. The van der Waals surface area contributed by atoms with Crippen LogP contribution in [0.3, 0.4) is 0 Å². The lowest BCUT2D eigenvalue weighted by molar-refractivity contribution is 0.136. The lowest BCUT2D eigenvalue weighted by Crippen LogP contribution is -2.21. The van der Waals surface area contributed by atoms with Crippen LogP contribution in [0, 0.1) is 18.2 Å². The number of phenols is 1. The first-order valence-corrected chi connectivity index (χ1v) is 9.11. The molecule has 6 heteroatoms. The summed E-state index contributed by atoms with van der Waals surface area (Å²) >= 11 is 0. The molecule has 2 aromatic carbocycles. The maximum Gasteiger partial charge on any atom is 0.411 e. The minimum absolute atomic E-state index is 0.0608. The molecule has 5 nitrogen and oxygen atoms in total. The minimum Gasteiger partial charge on any atom is -0.508 e. The Morgan fingerprint density at radius 2 is 2.15 bits per heavy atom. The van der Waals surface area contributed by atoms with Crippen molar-refractivity contribution in [3.8, 4) is 16.9 Å². The summed E-state index contributed by atoms with van der Waals surface area (Å²) in [5.74, 6) is -0.326. The van der Waals surface area contributed by atoms with Crippen LogP contribution in [0.15, 0.2) is 36.4 Å². The van der Waals surface area contributed by atoms with Gasteiger partial charge in [-0.1, -0.05) is 6.07 Å². The lowest BCUT2D eigenvalue weighted by atomic mass is 10.0. The van der Waals surface area contributed by atoms with Gasteiger partial charge in [-0.05, 0) is 74.8 Å². The van der Waals surface area contributed by atoms with E-state index in [4.69, 9.17) is 4.74 Å². The summed E-state index contributed by atoms with van der Waals surface area (Å²) in [6, 6.07) is 9.14. The molecule has 2 N–H and O–H groups in total. The van der Waals surface area contributed by atoms with Crippen molar-refractivity contribution in [2.75, 3.05) is 25.5 Å². The Labute approximate surface area is 157 Å². The van der Waals surface area contributed by atoms with Crippen molar-refractivity contribution in [1.82, 2.24) is 4.90 Å². The van der Waals surface area contributed by atoms with Gasteiger partial charge in [0.2, 0.25) is 0 Å². The van der Waals surface area contributed by atoms with Crippen LogP contribution in [0.5, 0.6) is 5.75 Å². The first-order chi connectivity index (χ1) is 12.8. The SMILES string of the molecule is Cc1cc(O)cc(-c2cc(F)ccc2NC(=O)O[C@H]2CC23CCN(C)C3)c1. The van der Waals surface area contributed by atoms with E-state index in [0.717, 1.165) is 31.5 Å². The summed E-state index contributed by atoms with van der Waals surface area (Å²) in [6.45, 7) is 3.82. The second-order valence-corrected chi connectivity index (χ2v) is 7.82. The molecule has 1 aliphatic heterocycles. The standard InChI is InChI=1S/C21H23FN2O3/c1-13-7-14(9-16(25)8-13)17-10-15(22)3-4-18(17)23-20(26)27-19-11-21(19)5-6-24(2)12-21/h3-4,7-10,19,25H,5-6,11-12H2,1-2H3,(H,23,26)/t19-,21?/m0/s1. The Morgan fingerprint density at radius 1 is 1.33 bits per heavy atom. The first kappa shape index (κ1) is 17.8. The monoisotopic (exact) mass is 370 g/mol. The summed E-state index contributed by atoms with van der Waals surface area (Å²) in [6.07, 6.45) is 1.35. The quantitative estimate of drug-likeness (QED) is 0.852. The number of nitrogens with zero attached hydrogens (tertiary/aromatic N) is 1. The molecule has 1 saturated carbocycles. The number of benzene rings is 2. The second kappa shape index (κ2) is 6.53. The van der Waals surface area contributed by atoms with E-state index in [0.29, 0.717) is 16.8 Å². The zero-order valence-corrected chi connectivity index (χ0v) is 15.5. The second-order valence-electron chi connectivity index (χ2n) is 7.82. The number of likely N-dealkylation sites (tertiary alicyclic amines) is 1. The van der Waals surface area contributed by atoms with Crippen LogP contribution in [-0.4, -0.2) is 42.3 Å². The summed E-state index contributed by atoms with van der Waals surface area (Å²) in [7, 11) is 2.08. The van der Waals surface area contributed by atoms with E-state index in [2.05, 4.69) is 17.3 Å². The van der Waals surface area contributed by atoms with Crippen molar-refractivity contribution < 1.29 is 19.0 Å². The van der Waals surface area contributed by atoms with Crippen LogP contribution in [0.1, 0.15) is 18.4 Å². The van der Waals surface area contributed by atoms with Gasteiger partial charge in [-0.3, -0.25) is 5.32 Å². The fraction of sp³-hybridized carbons (Fsp3) is 0.381. The van der Waals surface area contributed by atoms with E-state index in [1.807, 2.05) is 13.0 Å². The van der Waals surface area contributed by atoms with Crippen molar-refractivity contribution in [2.24, 2.45) is 5.41 Å². The number of anilines is 1. The number of nitrogens with one attached hydrogen (secondary N) is 1. The van der Waals surface area contributed by atoms with Gasteiger partial charge in [-0.2, -0.15) is 0 Å². The van der Waals surface area contributed by atoms with Gasteiger partial charge in [-0.15, -0.1) is 0 Å². The van der Waals surface area contributed by atoms with Gasteiger partial charge in [0.15, 0.2) is 0 Å². The van der Waals surface area contributed by atoms with Crippen molar-refractivity contribution in [1.29, 1.82) is 0 Å². The third-order valence-electron chi connectivity index (χ3n) is 5.53. The Kier molecular flexibility index (Phi) is 4.30.